The Morgan fingerprint density at radius 3 is 2.63 bits per heavy atom. The SMILES string of the molecule is CCN(C(=O)Cn1cc(N)cn1)c1ccc(F)cc1. The second-order valence-corrected chi connectivity index (χ2v) is 4.09. The van der Waals surface area contributed by atoms with Crippen LogP contribution in [0.5, 0.6) is 0 Å². The zero-order valence-electron chi connectivity index (χ0n) is 10.6. The molecule has 1 heterocycles. The number of nitrogens with two attached hydrogens (primary N) is 1. The van der Waals surface area contributed by atoms with Crippen molar-refractivity contribution in [1.29, 1.82) is 0 Å². The van der Waals surface area contributed by atoms with Crippen molar-refractivity contribution < 1.29 is 9.18 Å². The normalized spacial score (nSPS) is 10.4. The maximum Gasteiger partial charge on any atom is 0.248 e. The summed E-state index contributed by atoms with van der Waals surface area (Å²) in [5.41, 5.74) is 6.71. The second-order valence-electron chi connectivity index (χ2n) is 4.09. The topological polar surface area (TPSA) is 64.2 Å². The molecule has 2 N–H and O–H groups in total. The summed E-state index contributed by atoms with van der Waals surface area (Å²) < 4.78 is 14.3. The van der Waals surface area contributed by atoms with Gasteiger partial charge in [-0.05, 0) is 31.2 Å². The number of anilines is 2. The first-order chi connectivity index (χ1) is 9.10. The largest absolute Gasteiger partial charge is 0.396 e. The molecule has 1 amide bonds. The molecule has 0 aliphatic rings. The lowest BCUT2D eigenvalue weighted by Crippen LogP contribution is -2.33. The molecule has 100 valence electrons. The van der Waals surface area contributed by atoms with Gasteiger partial charge in [-0.25, -0.2) is 4.39 Å². The smallest absolute Gasteiger partial charge is 0.248 e. The number of nitrogen functional groups attached to an aromatic ring is 1. The lowest BCUT2D eigenvalue weighted by molar-refractivity contribution is -0.119. The van der Waals surface area contributed by atoms with E-state index in [0.717, 1.165) is 0 Å². The molecule has 0 radical (unpaired) electrons. The highest BCUT2D eigenvalue weighted by Gasteiger charge is 2.14. The predicted molar refractivity (Wildman–Crippen MR) is 71.1 cm³/mol. The van der Waals surface area contributed by atoms with Crippen molar-refractivity contribution in [1.82, 2.24) is 9.78 Å². The minimum Gasteiger partial charge on any atom is -0.396 e. The molecule has 6 heteroatoms. The average molecular weight is 262 g/mol. The number of carbonyl (C=O) groups excluding carboxylic acids is 1. The average Bonchev–Trinajstić information content (AvgIpc) is 2.78. The van der Waals surface area contributed by atoms with Crippen molar-refractivity contribution in [2.45, 2.75) is 13.5 Å². The standard InChI is InChI=1S/C13H15FN4O/c1-2-18(12-5-3-10(14)4-6-12)13(19)9-17-8-11(15)7-16-17/h3-8H,2,9,15H2,1H3. The summed E-state index contributed by atoms with van der Waals surface area (Å²) in [4.78, 5) is 13.7. The van der Waals surface area contributed by atoms with Gasteiger partial charge in [0, 0.05) is 18.4 Å². The van der Waals surface area contributed by atoms with Gasteiger partial charge in [0.25, 0.3) is 0 Å². The van der Waals surface area contributed by atoms with Crippen molar-refractivity contribution in [3.8, 4) is 0 Å². The van der Waals surface area contributed by atoms with Crippen LogP contribution in [-0.4, -0.2) is 22.2 Å². The Balaban J connectivity index is 2.13. The number of likely N-dealkylation sites (N-methyl/N-ethyl adjacent to an activating group) is 1. The number of carbonyl (C=O) groups is 1. The van der Waals surface area contributed by atoms with Crippen LogP contribution < -0.4 is 10.6 Å². The minimum atomic E-state index is -0.327. The van der Waals surface area contributed by atoms with E-state index in [0.29, 0.717) is 17.9 Å². The van der Waals surface area contributed by atoms with E-state index < -0.39 is 0 Å². The van der Waals surface area contributed by atoms with E-state index in [9.17, 15) is 9.18 Å². The molecule has 0 saturated heterocycles. The highest BCUT2D eigenvalue weighted by atomic mass is 19.1. The fourth-order valence-electron chi connectivity index (χ4n) is 1.81. The monoisotopic (exact) mass is 262 g/mol. The molecule has 0 aliphatic carbocycles. The molecule has 0 saturated carbocycles. The van der Waals surface area contributed by atoms with Crippen LogP contribution in [0.3, 0.4) is 0 Å². The predicted octanol–water partition coefficient (Wildman–Crippen LogP) is 1.66. The van der Waals surface area contributed by atoms with E-state index in [1.807, 2.05) is 6.92 Å². The number of hydrogen-bond donors (Lipinski definition) is 1. The van der Waals surface area contributed by atoms with Gasteiger partial charge in [-0.3, -0.25) is 9.48 Å². The Morgan fingerprint density at radius 2 is 2.11 bits per heavy atom. The molecule has 0 spiro atoms. The van der Waals surface area contributed by atoms with E-state index in [1.165, 1.54) is 23.0 Å². The number of amides is 1. The summed E-state index contributed by atoms with van der Waals surface area (Å²) in [6, 6.07) is 5.82. The van der Waals surface area contributed by atoms with E-state index >= 15 is 0 Å². The van der Waals surface area contributed by atoms with Crippen LogP contribution >= 0.6 is 0 Å². The van der Waals surface area contributed by atoms with Crippen molar-refractivity contribution in [3.63, 3.8) is 0 Å². The van der Waals surface area contributed by atoms with Gasteiger partial charge in [0.05, 0.1) is 11.9 Å². The summed E-state index contributed by atoms with van der Waals surface area (Å²) in [6.07, 6.45) is 3.08. The van der Waals surface area contributed by atoms with Gasteiger partial charge in [-0.2, -0.15) is 5.10 Å². The van der Waals surface area contributed by atoms with E-state index in [2.05, 4.69) is 5.10 Å². The molecule has 2 rings (SSSR count). The number of benzene rings is 1. The Bertz CT molecular complexity index is 564. The fraction of sp³-hybridized carbons (Fsp3) is 0.231. The Morgan fingerprint density at radius 1 is 1.42 bits per heavy atom. The van der Waals surface area contributed by atoms with Crippen LogP contribution in [-0.2, 0) is 11.3 Å². The van der Waals surface area contributed by atoms with E-state index in [-0.39, 0.29) is 18.3 Å². The molecule has 0 atom stereocenters. The third-order valence-corrected chi connectivity index (χ3v) is 2.71. The first-order valence-corrected chi connectivity index (χ1v) is 5.94. The van der Waals surface area contributed by atoms with E-state index in [4.69, 9.17) is 5.73 Å². The molecule has 0 bridgehead atoms. The Labute approximate surface area is 110 Å². The molecule has 1 aromatic heterocycles. The van der Waals surface area contributed by atoms with Crippen LogP contribution in [0.15, 0.2) is 36.7 Å². The first kappa shape index (κ1) is 13.1. The summed E-state index contributed by atoms with van der Waals surface area (Å²) in [5, 5.41) is 3.96. The van der Waals surface area contributed by atoms with E-state index in [1.54, 1.807) is 23.2 Å². The zero-order valence-corrected chi connectivity index (χ0v) is 10.6. The molecule has 0 unspecified atom stereocenters. The summed E-state index contributed by atoms with van der Waals surface area (Å²) in [7, 11) is 0. The highest BCUT2D eigenvalue weighted by Crippen LogP contribution is 2.15. The number of nitrogens with zero attached hydrogens (tertiary/aromatic N) is 3. The molecular weight excluding hydrogens is 247 g/mol. The molecule has 0 fully saturated rings. The summed E-state index contributed by atoms with van der Waals surface area (Å²) in [5.74, 6) is -0.454. The maximum atomic E-state index is 12.9. The van der Waals surface area contributed by atoms with Gasteiger partial charge in [0.2, 0.25) is 5.91 Å². The van der Waals surface area contributed by atoms with Crippen LogP contribution in [0, 0.1) is 5.82 Å². The van der Waals surface area contributed by atoms with Gasteiger partial charge in [-0.15, -0.1) is 0 Å². The fourth-order valence-corrected chi connectivity index (χ4v) is 1.81. The molecule has 2 aromatic rings. The molecule has 0 aliphatic heterocycles. The van der Waals surface area contributed by atoms with Gasteiger partial charge >= 0.3 is 0 Å². The number of rotatable bonds is 4. The van der Waals surface area contributed by atoms with Gasteiger partial charge in [0.15, 0.2) is 0 Å². The third kappa shape index (κ3) is 3.09. The lowest BCUT2D eigenvalue weighted by atomic mass is 10.2. The first-order valence-electron chi connectivity index (χ1n) is 5.94. The van der Waals surface area contributed by atoms with Crippen molar-refractivity contribution in [3.05, 3.63) is 42.5 Å². The van der Waals surface area contributed by atoms with Crippen molar-refractivity contribution >= 4 is 17.3 Å². The maximum absolute atomic E-state index is 12.9. The molecule has 19 heavy (non-hydrogen) atoms. The number of aromatic nitrogens is 2. The molecule has 5 nitrogen and oxygen atoms in total. The molecule has 1 aromatic carbocycles. The Hall–Kier alpha value is -2.37. The quantitative estimate of drug-likeness (QED) is 0.911. The Kier molecular flexibility index (Phi) is 3.79. The lowest BCUT2D eigenvalue weighted by Gasteiger charge is -2.21. The van der Waals surface area contributed by atoms with Crippen molar-refractivity contribution in [2.24, 2.45) is 0 Å². The molecular formula is C13H15FN4O. The van der Waals surface area contributed by atoms with Crippen LogP contribution in [0.25, 0.3) is 0 Å². The highest BCUT2D eigenvalue weighted by molar-refractivity contribution is 5.93. The van der Waals surface area contributed by atoms with Crippen LogP contribution in [0.4, 0.5) is 15.8 Å². The number of hydrogen-bond acceptors (Lipinski definition) is 3. The number of halogens is 1. The van der Waals surface area contributed by atoms with Gasteiger partial charge in [0.1, 0.15) is 12.4 Å². The third-order valence-electron chi connectivity index (χ3n) is 2.71. The zero-order chi connectivity index (χ0) is 13.8. The van der Waals surface area contributed by atoms with Crippen molar-refractivity contribution in [2.75, 3.05) is 17.2 Å². The van der Waals surface area contributed by atoms with Crippen LogP contribution in [0.2, 0.25) is 0 Å². The van der Waals surface area contributed by atoms with Gasteiger partial charge < -0.3 is 10.6 Å². The minimum absolute atomic E-state index is 0.0996. The van der Waals surface area contributed by atoms with Crippen LogP contribution in [0.1, 0.15) is 6.92 Å². The summed E-state index contributed by atoms with van der Waals surface area (Å²) in [6.45, 7) is 2.46. The summed E-state index contributed by atoms with van der Waals surface area (Å²) >= 11 is 0. The van der Waals surface area contributed by atoms with Gasteiger partial charge in [-0.1, -0.05) is 0 Å². The second kappa shape index (κ2) is 5.51.